The standard InChI is InChI=1S/C32H55N3O2Si/c1-5-7-9-15-27(3)16-12-17-28(4)18-14-26-38-30-19-13-22-33-32(30)29-20-21-31(35-34-29)37-25-11-10-24-36-23-8-6-2/h13,19-22,27-28H,5-12,14-18,23-26,38H2,1-4H3. The summed E-state index contributed by atoms with van der Waals surface area (Å²) < 4.78 is 11.4. The average Bonchev–Trinajstić information content (AvgIpc) is 2.93. The van der Waals surface area contributed by atoms with Gasteiger partial charge < -0.3 is 9.47 Å². The highest BCUT2D eigenvalue weighted by Crippen LogP contribution is 2.21. The summed E-state index contributed by atoms with van der Waals surface area (Å²) in [4.78, 5) is 4.67. The number of pyridine rings is 1. The molecule has 0 saturated heterocycles. The molecule has 0 bridgehead atoms. The molecule has 0 N–H and O–H groups in total. The summed E-state index contributed by atoms with van der Waals surface area (Å²) in [5.41, 5.74) is 1.86. The van der Waals surface area contributed by atoms with Gasteiger partial charge in [-0.3, -0.25) is 4.98 Å². The maximum atomic E-state index is 5.78. The van der Waals surface area contributed by atoms with Crippen LogP contribution in [0, 0.1) is 11.8 Å². The van der Waals surface area contributed by atoms with Gasteiger partial charge in [0.2, 0.25) is 5.88 Å². The van der Waals surface area contributed by atoms with E-state index >= 15 is 0 Å². The minimum atomic E-state index is -0.382. The van der Waals surface area contributed by atoms with E-state index in [9.17, 15) is 0 Å². The van der Waals surface area contributed by atoms with Gasteiger partial charge in [-0.15, -0.1) is 10.2 Å². The van der Waals surface area contributed by atoms with Crippen LogP contribution < -0.4 is 9.92 Å². The molecule has 0 amide bonds. The molecule has 0 spiro atoms. The summed E-state index contributed by atoms with van der Waals surface area (Å²) in [5, 5.41) is 10.1. The highest BCUT2D eigenvalue weighted by molar-refractivity contribution is 6.55. The molecule has 2 aromatic rings. The van der Waals surface area contributed by atoms with Crippen molar-refractivity contribution in [3.63, 3.8) is 0 Å². The highest BCUT2D eigenvalue weighted by Gasteiger charge is 2.10. The quantitative estimate of drug-likeness (QED) is 0.107. The van der Waals surface area contributed by atoms with Crippen molar-refractivity contribution >= 4 is 14.7 Å². The first-order chi connectivity index (χ1) is 18.6. The van der Waals surface area contributed by atoms with Crippen LogP contribution in [-0.4, -0.2) is 44.5 Å². The molecule has 0 radical (unpaired) electrons. The van der Waals surface area contributed by atoms with Crippen molar-refractivity contribution in [3.05, 3.63) is 30.5 Å². The van der Waals surface area contributed by atoms with Gasteiger partial charge in [-0.1, -0.05) is 104 Å². The van der Waals surface area contributed by atoms with Crippen LogP contribution in [0.25, 0.3) is 11.4 Å². The second kappa shape index (κ2) is 21.1. The maximum absolute atomic E-state index is 5.78. The molecule has 2 rings (SSSR count). The van der Waals surface area contributed by atoms with Gasteiger partial charge in [0.1, 0.15) is 5.69 Å². The molecular weight excluding hydrogens is 486 g/mol. The first-order valence-electron chi connectivity index (χ1n) is 15.6. The fraction of sp³-hybridized carbons (Fsp3) is 0.719. The number of aromatic nitrogens is 3. The number of hydrogen-bond donors (Lipinski definition) is 0. The fourth-order valence-corrected chi connectivity index (χ4v) is 6.61. The minimum Gasteiger partial charge on any atom is -0.477 e. The first-order valence-corrected chi connectivity index (χ1v) is 17.3. The van der Waals surface area contributed by atoms with Gasteiger partial charge in [0.25, 0.3) is 0 Å². The second-order valence-corrected chi connectivity index (χ2v) is 13.1. The number of nitrogens with zero attached hydrogens (tertiary/aromatic N) is 3. The second-order valence-electron chi connectivity index (χ2n) is 11.2. The average molecular weight is 542 g/mol. The smallest absolute Gasteiger partial charge is 0.233 e. The van der Waals surface area contributed by atoms with E-state index in [0.29, 0.717) is 12.5 Å². The number of rotatable bonds is 23. The molecule has 214 valence electrons. The Morgan fingerprint density at radius 1 is 0.737 bits per heavy atom. The highest BCUT2D eigenvalue weighted by atomic mass is 28.2. The monoisotopic (exact) mass is 541 g/mol. The zero-order valence-electron chi connectivity index (χ0n) is 24.9. The van der Waals surface area contributed by atoms with Crippen LogP contribution >= 0.6 is 0 Å². The summed E-state index contributed by atoms with van der Waals surface area (Å²) in [5.74, 6) is 2.32. The van der Waals surface area contributed by atoms with Crippen LogP contribution in [0.2, 0.25) is 6.04 Å². The van der Waals surface area contributed by atoms with E-state index in [4.69, 9.17) is 9.47 Å². The van der Waals surface area contributed by atoms with Gasteiger partial charge >= 0.3 is 0 Å². The lowest BCUT2D eigenvalue weighted by atomic mass is 9.93. The van der Waals surface area contributed by atoms with E-state index in [1.165, 1.54) is 75.4 Å². The van der Waals surface area contributed by atoms with Crippen LogP contribution in [-0.2, 0) is 4.74 Å². The molecule has 38 heavy (non-hydrogen) atoms. The van der Waals surface area contributed by atoms with E-state index in [1.54, 1.807) is 0 Å². The van der Waals surface area contributed by atoms with E-state index in [0.717, 1.165) is 55.7 Å². The first kappa shape index (κ1) is 32.4. The van der Waals surface area contributed by atoms with Gasteiger partial charge in [-0.25, -0.2) is 0 Å². The molecule has 2 unspecified atom stereocenters. The zero-order valence-corrected chi connectivity index (χ0v) is 26.3. The van der Waals surface area contributed by atoms with Gasteiger partial charge in [-0.05, 0) is 48.4 Å². The predicted octanol–water partition coefficient (Wildman–Crippen LogP) is 7.53. The Hall–Kier alpha value is -1.79. The van der Waals surface area contributed by atoms with Crippen LogP contribution in [0.15, 0.2) is 30.5 Å². The third kappa shape index (κ3) is 14.4. The van der Waals surface area contributed by atoms with Crippen LogP contribution in [0.1, 0.15) is 111 Å². The van der Waals surface area contributed by atoms with Gasteiger partial charge in [0.15, 0.2) is 0 Å². The molecule has 2 heterocycles. The van der Waals surface area contributed by atoms with Crippen molar-refractivity contribution in [1.29, 1.82) is 0 Å². The summed E-state index contributed by atoms with van der Waals surface area (Å²) >= 11 is 0. The van der Waals surface area contributed by atoms with Gasteiger partial charge in [0, 0.05) is 25.5 Å². The van der Waals surface area contributed by atoms with Crippen LogP contribution in [0.5, 0.6) is 5.88 Å². The van der Waals surface area contributed by atoms with Crippen molar-refractivity contribution < 1.29 is 9.47 Å². The van der Waals surface area contributed by atoms with Crippen molar-refractivity contribution in [1.82, 2.24) is 15.2 Å². The molecule has 0 aliphatic rings. The normalized spacial score (nSPS) is 13.3. The van der Waals surface area contributed by atoms with Crippen LogP contribution in [0.4, 0.5) is 0 Å². The predicted molar refractivity (Wildman–Crippen MR) is 164 cm³/mol. The van der Waals surface area contributed by atoms with Crippen molar-refractivity contribution in [3.8, 4) is 17.3 Å². The van der Waals surface area contributed by atoms with E-state index in [1.807, 2.05) is 18.3 Å². The molecule has 0 aromatic carbocycles. The molecule has 2 atom stereocenters. The van der Waals surface area contributed by atoms with E-state index in [2.05, 4.69) is 55.0 Å². The van der Waals surface area contributed by atoms with Gasteiger partial charge in [-0.2, -0.15) is 0 Å². The molecule has 5 nitrogen and oxygen atoms in total. The summed E-state index contributed by atoms with van der Waals surface area (Å²) in [6.45, 7) is 11.7. The molecule has 2 aromatic heterocycles. The Balaban J connectivity index is 1.66. The molecule has 0 aliphatic carbocycles. The number of hydrogen-bond acceptors (Lipinski definition) is 5. The zero-order chi connectivity index (χ0) is 27.3. The molecule has 0 aliphatic heterocycles. The lowest BCUT2D eigenvalue weighted by Gasteiger charge is -2.14. The van der Waals surface area contributed by atoms with Crippen molar-refractivity contribution in [2.75, 3.05) is 19.8 Å². The lowest BCUT2D eigenvalue weighted by Crippen LogP contribution is -2.18. The fourth-order valence-electron chi connectivity index (χ4n) is 4.88. The molecule has 0 fully saturated rings. The summed E-state index contributed by atoms with van der Waals surface area (Å²) in [6.07, 6.45) is 18.6. The molecule has 6 heteroatoms. The SMILES string of the molecule is CCCCCC(C)CCCC(C)CCC[SiH2]c1cccnc1-c1ccc(OCCCCOCCCC)nn1. The Morgan fingerprint density at radius 3 is 2.18 bits per heavy atom. The van der Waals surface area contributed by atoms with Crippen molar-refractivity contribution in [2.24, 2.45) is 11.8 Å². The van der Waals surface area contributed by atoms with Crippen molar-refractivity contribution in [2.45, 2.75) is 117 Å². The Morgan fingerprint density at radius 2 is 1.45 bits per heavy atom. The minimum absolute atomic E-state index is 0.382. The lowest BCUT2D eigenvalue weighted by molar-refractivity contribution is 0.123. The Labute approximate surface area is 235 Å². The van der Waals surface area contributed by atoms with Crippen LogP contribution in [0.3, 0.4) is 0 Å². The number of unbranched alkanes of at least 4 members (excludes halogenated alkanes) is 4. The Kier molecular flexibility index (Phi) is 18.0. The molecular formula is C32H55N3O2Si. The van der Waals surface area contributed by atoms with Gasteiger partial charge in [0.05, 0.1) is 21.8 Å². The van der Waals surface area contributed by atoms with E-state index < -0.39 is 0 Å². The summed E-state index contributed by atoms with van der Waals surface area (Å²) in [7, 11) is -0.382. The van der Waals surface area contributed by atoms with E-state index in [-0.39, 0.29) is 9.52 Å². The largest absolute Gasteiger partial charge is 0.477 e. The molecule has 0 saturated carbocycles. The summed E-state index contributed by atoms with van der Waals surface area (Å²) in [6, 6.07) is 9.56. The Bertz CT molecular complexity index is 834. The third-order valence-electron chi connectivity index (χ3n) is 7.44. The number of ether oxygens (including phenoxy) is 2. The topological polar surface area (TPSA) is 57.1 Å². The third-order valence-corrected chi connectivity index (χ3v) is 9.40. The maximum Gasteiger partial charge on any atom is 0.233 e.